The minimum atomic E-state index is 0.935. The first-order valence-electron chi connectivity index (χ1n) is 6.85. The molecule has 1 rings (SSSR count). The molecule has 2 unspecified atom stereocenters. The van der Waals surface area contributed by atoms with Crippen LogP contribution in [0.25, 0.3) is 0 Å². The first kappa shape index (κ1) is 12.8. The fourth-order valence-corrected chi connectivity index (χ4v) is 2.63. The fourth-order valence-electron chi connectivity index (χ4n) is 2.63. The molecule has 0 bridgehead atoms. The SMILES string of the molecule is C=C1CCCC(C)CCCC(C)CCC1. The van der Waals surface area contributed by atoms with E-state index in [2.05, 4.69) is 20.4 Å². The number of hydrogen-bond donors (Lipinski definition) is 0. The Morgan fingerprint density at radius 2 is 1.20 bits per heavy atom. The summed E-state index contributed by atoms with van der Waals surface area (Å²) in [6.07, 6.45) is 12.4. The van der Waals surface area contributed by atoms with E-state index in [4.69, 9.17) is 0 Å². The Labute approximate surface area is 96.2 Å². The molecule has 0 heteroatoms. The quantitative estimate of drug-likeness (QED) is 0.471. The highest BCUT2D eigenvalue weighted by atomic mass is 14.1. The van der Waals surface area contributed by atoms with Gasteiger partial charge in [0.15, 0.2) is 0 Å². The van der Waals surface area contributed by atoms with Crippen LogP contribution in [0.4, 0.5) is 0 Å². The third kappa shape index (κ3) is 6.02. The predicted octanol–water partition coefficient (Wildman–Crippen LogP) is 5.34. The smallest absolute Gasteiger partial charge is 0.0323 e. The molecule has 2 atom stereocenters. The summed E-state index contributed by atoms with van der Waals surface area (Å²) in [7, 11) is 0. The van der Waals surface area contributed by atoms with Crippen LogP contribution in [0.3, 0.4) is 0 Å². The highest BCUT2D eigenvalue weighted by Crippen LogP contribution is 2.24. The highest BCUT2D eigenvalue weighted by molar-refractivity contribution is 4.93. The molecule has 0 spiro atoms. The van der Waals surface area contributed by atoms with Crippen molar-refractivity contribution < 1.29 is 0 Å². The lowest BCUT2D eigenvalue weighted by Crippen LogP contribution is -2.01. The Kier molecular flexibility index (Phi) is 6.05. The van der Waals surface area contributed by atoms with E-state index in [0.717, 1.165) is 11.8 Å². The van der Waals surface area contributed by atoms with Crippen LogP contribution >= 0.6 is 0 Å². The molecule has 0 nitrogen and oxygen atoms in total. The highest BCUT2D eigenvalue weighted by Gasteiger charge is 2.08. The van der Waals surface area contributed by atoms with E-state index in [9.17, 15) is 0 Å². The minimum absolute atomic E-state index is 0.935. The van der Waals surface area contributed by atoms with Gasteiger partial charge in [0, 0.05) is 0 Å². The normalized spacial score (nSPS) is 31.7. The van der Waals surface area contributed by atoms with Crippen molar-refractivity contribution >= 4 is 0 Å². The van der Waals surface area contributed by atoms with E-state index in [1.165, 1.54) is 63.4 Å². The lowest BCUT2D eigenvalue weighted by Gasteiger charge is -2.17. The van der Waals surface area contributed by atoms with Gasteiger partial charge in [-0.25, -0.2) is 0 Å². The average Bonchev–Trinajstić information content (AvgIpc) is 2.16. The van der Waals surface area contributed by atoms with Gasteiger partial charge in [-0.1, -0.05) is 58.1 Å². The van der Waals surface area contributed by atoms with Gasteiger partial charge in [-0.2, -0.15) is 0 Å². The summed E-state index contributed by atoms with van der Waals surface area (Å²) in [6, 6.07) is 0. The molecule has 0 radical (unpaired) electrons. The van der Waals surface area contributed by atoms with Crippen LogP contribution < -0.4 is 0 Å². The lowest BCUT2D eigenvalue weighted by atomic mass is 9.89. The molecule has 1 aliphatic rings. The monoisotopic (exact) mass is 208 g/mol. The first-order valence-corrected chi connectivity index (χ1v) is 6.85. The van der Waals surface area contributed by atoms with Crippen LogP contribution in [-0.4, -0.2) is 0 Å². The standard InChI is InChI=1S/C15H28/c1-13-7-4-9-14(2)11-6-12-15(3)10-5-8-13/h14-15H,1,4-12H2,2-3H3. The zero-order valence-electron chi connectivity index (χ0n) is 10.7. The van der Waals surface area contributed by atoms with Crippen molar-refractivity contribution in [3.63, 3.8) is 0 Å². The zero-order valence-corrected chi connectivity index (χ0v) is 10.7. The molecule has 1 fully saturated rings. The molecule has 1 aliphatic carbocycles. The molecule has 0 heterocycles. The van der Waals surface area contributed by atoms with E-state index in [-0.39, 0.29) is 0 Å². The summed E-state index contributed by atoms with van der Waals surface area (Å²) in [4.78, 5) is 0. The molecule has 1 saturated carbocycles. The molecule has 0 aromatic heterocycles. The maximum Gasteiger partial charge on any atom is -0.0323 e. The van der Waals surface area contributed by atoms with Crippen molar-refractivity contribution in [3.8, 4) is 0 Å². The second-order valence-corrected chi connectivity index (χ2v) is 5.68. The molecular formula is C15H28. The van der Waals surface area contributed by atoms with Crippen molar-refractivity contribution in [2.45, 2.75) is 71.6 Å². The molecule has 0 N–H and O–H groups in total. The topological polar surface area (TPSA) is 0 Å². The lowest BCUT2D eigenvalue weighted by molar-refractivity contribution is 0.392. The van der Waals surface area contributed by atoms with Crippen molar-refractivity contribution in [1.29, 1.82) is 0 Å². The molecule has 0 aromatic carbocycles. The first-order chi connectivity index (χ1) is 7.18. The molecule has 15 heavy (non-hydrogen) atoms. The number of rotatable bonds is 0. The summed E-state index contributed by atoms with van der Waals surface area (Å²) in [5.74, 6) is 1.87. The molecule has 0 saturated heterocycles. The van der Waals surface area contributed by atoms with E-state index in [1.54, 1.807) is 0 Å². The molecule has 0 aromatic rings. The van der Waals surface area contributed by atoms with Crippen molar-refractivity contribution in [1.82, 2.24) is 0 Å². The summed E-state index contributed by atoms with van der Waals surface area (Å²) in [5, 5.41) is 0. The van der Waals surface area contributed by atoms with Crippen LogP contribution in [0.2, 0.25) is 0 Å². The Morgan fingerprint density at radius 3 is 1.67 bits per heavy atom. The Morgan fingerprint density at radius 1 is 0.800 bits per heavy atom. The molecule has 0 amide bonds. The number of allylic oxidation sites excluding steroid dienone is 1. The van der Waals surface area contributed by atoms with E-state index < -0.39 is 0 Å². The largest absolute Gasteiger partial charge is 0.0999 e. The van der Waals surface area contributed by atoms with Gasteiger partial charge in [0.1, 0.15) is 0 Å². The Bertz CT molecular complexity index is 162. The minimum Gasteiger partial charge on any atom is -0.0999 e. The van der Waals surface area contributed by atoms with Crippen molar-refractivity contribution in [3.05, 3.63) is 12.2 Å². The summed E-state index contributed by atoms with van der Waals surface area (Å²) >= 11 is 0. The Balaban J connectivity index is 2.33. The molecular weight excluding hydrogens is 180 g/mol. The fraction of sp³-hybridized carbons (Fsp3) is 0.867. The van der Waals surface area contributed by atoms with Gasteiger partial charge in [-0.15, -0.1) is 0 Å². The van der Waals surface area contributed by atoms with Gasteiger partial charge in [-0.3, -0.25) is 0 Å². The van der Waals surface area contributed by atoms with Crippen molar-refractivity contribution in [2.24, 2.45) is 11.8 Å². The maximum atomic E-state index is 4.19. The second-order valence-electron chi connectivity index (χ2n) is 5.68. The summed E-state index contributed by atoms with van der Waals surface area (Å²) in [5.41, 5.74) is 1.50. The molecule has 0 aliphatic heterocycles. The van der Waals surface area contributed by atoms with Crippen LogP contribution in [0.5, 0.6) is 0 Å². The van der Waals surface area contributed by atoms with Gasteiger partial charge in [0.2, 0.25) is 0 Å². The Hall–Kier alpha value is -0.260. The van der Waals surface area contributed by atoms with Crippen LogP contribution in [-0.2, 0) is 0 Å². The zero-order chi connectivity index (χ0) is 11.1. The van der Waals surface area contributed by atoms with Crippen molar-refractivity contribution in [2.75, 3.05) is 0 Å². The van der Waals surface area contributed by atoms with E-state index in [1.807, 2.05) is 0 Å². The third-order valence-electron chi connectivity index (χ3n) is 3.85. The van der Waals surface area contributed by atoms with Gasteiger partial charge < -0.3 is 0 Å². The van der Waals surface area contributed by atoms with E-state index >= 15 is 0 Å². The predicted molar refractivity (Wildman–Crippen MR) is 69.0 cm³/mol. The summed E-state index contributed by atoms with van der Waals surface area (Å²) < 4.78 is 0. The van der Waals surface area contributed by atoms with Gasteiger partial charge in [0.05, 0.1) is 0 Å². The molecule has 88 valence electrons. The second kappa shape index (κ2) is 7.09. The van der Waals surface area contributed by atoms with Crippen LogP contribution in [0.15, 0.2) is 12.2 Å². The maximum absolute atomic E-state index is 4.19. The summed E-state index contributed by atoms with van der Waals surface area (Å²) in [6.45, 7) is 9.02. The third-order valence-corrected chi connectivity index (χ3v) is 3.85. The van der Waals surface area contributed by atoms with Crippen LogP contribution in [0.1, 0.15) is 71.6 Å². The van der Waals surface area contributed by atoms with Gasteiger partial charge >= 0.3 is 0 Å². The number of hydrogen-bond acceptors (Lipinski definition) is 0. The van der Waals surface area contributed by atoms with E-state index in [0.29, 0.717) is 0 Å². The average molecular weight is 208 g/mol. The van der Waals surface area contributed by atoms with Gasteiger partial charge in [0.25, 0.3) is 0 Å². The van der Waals surface area contributed by atoms with Crippen LogP contribution in [0, 0.1) is 11.8 Å². The van der Waals surface area contributed by atoms with Gasteiger partial charge in [-0.05, 0) is 37.5 Å².